The molecule has 1 aromatic rings. The molecule has 3 nitrogen and oxygen atoms in total. The van der Waals surface area contributed by atoms with E-state index in [0.717, 1.165) is 11.3 Å². The van der Waals surface area contributed by atoms with E-state index in [1.54, 1.807) is 24.5 Å². The summed E-state index contributed by atoms with van der Waals surface area (Å²) in [5.41, 5.74) is 1.83. The van der Waals surface area contributed by atoms with E-state index in [-0.39, 0.29) is 0 Å². The van der Waals surface area contributed by atoms with Crippen LogP contribution in [0.2, 0.25) is 0 Å². The molecule has 0 spiro atoms. The molecule has 11 heavy (non-hydrogen) atoms. The molecule has 2 rings (SSSR count). The van der Waals surface area contributed by atoms with Crippen molar-refractivity contribution >= 4 is 18.0 Å². The van der Waals surface area contributed by atoms with Crippen LogP contribution in [0.3, 0.4) is 0 Å². The van der Waals surface area contributed by atoms with Gasteiger partial charge in [-0.05, 0) is 18.0 Å². The number of fused-ring (bicyclic) bond motifs is 1. The maximum Gasteiger partial charge on any atom is 0.0952 e. The van der Waals surface area contributed by atoms with Crippen LogP contribution in [0.5, 0.6) is 0 Å². The average molecular weight is 143 g/mol. The zero-order valence-electron chi connectivity index (χ0n) is 5.73. The highest BCUT2D eigenvalue weighted by molar-refractivity contribution is 5.82. The molecule has 1 aromatic heterocycles. The molecule has 0 saturated carbocycles. The minimum absolute atomic E-state index is 0.834. The Kier molecular flexibility index (Phi) is 1.36. The fourth-order valence-corrected chi connectivity index (χ4v) is 0.862. The lowest BCUT2D eigenvalue weighted by molar-refractivity contribution is 1.01. The molecule has 0 aromatic carbocycles. The van der Waals surface area contributed by atoms with Crippen LogP contribution in [-0.4, -0.2) is 16.1 Å². The summed E-state index contributed by atoms with van der Waals surface area (Å²) < 4.78 is 0. The van der Waals surface area contributed by atoms with Gasteiger partial charge in [0.25, 0.3) is 0 Å². The zero-order chi connectivity index (χ0) is 7.52. The smallest absolute Gasteiger partial charge is 0.0952 e. The van der Waals surface area contributed by atoms with Gasteiger partial charge in [-0.1, -0.05) is 0 Å². The highest BCUT2D eigenvalue weighted by Crippen LogP contribution is 2.08. The van der Waals surface area contributed by atoms with Crippen molar-refractivity contribution in [1.29, 1.82) is 0 Å². The predicted octanol–water partition coefficient (Wildman–Crippen LogP) is 1.14. The zero-order valence-corrected chi connectivity index (χ0v) is 5.73. The molecule has 1 aliphatic heterocycles. The van der Waals surface area contributed by atoms with Crippen molar-refractivity contribution in [3.8, 4) is 0 Å². The first-order chi connectivity index (χ1) is 5.47. The number of hydrogen-bond acceptors (Lipinski definition) is 3. The van der Waals surface area contributed by atoms with E-state index >= 15 is 0 Å². The molecule has 0 saturated heterocycles. The first kappa shape index (κ1) is 6.01. The van der Waals surface area contributed by atoms with E-state index in [4.69, 9.17) is 0 Å². The lowest BCUT2D eigenvalue weighted by atomic mass is 10.2. The van der Waals surface area contributed by atoms with E-state index in [1.165, 1.54) is 0 Å². The van der Waals surface area contributed by atoms with Gasteiger partial charge >= 0.3 is 0 Å². The maximum absolute atomic E-state index is 3.91. The Morgan fingerprint density at radius 3 is 3.36 bits per heavy atom. The van der Waals surface area contributed by atoms with E-state index in [2.05, 4.69) is 21.1 Å². The van der Waals surface area contributed by atoms with Crippen LogP contribution in [0.15, 0.2) is 23.5 Å². The third kappa shape index (κ3) is 1.09. The number of nitrogens with zero attached hydrogens (tertiary/aromatic N) is 3. The molecule has 0 atom stereocenters. The van der Waals surface area contributed by atoms with E-state index < -0.39 is 0 Å². The third-order valence-corrected chi connectivity index (χ3v) is 1.38. The van der Waals surface area contributed by atoms with Gasteiger partial charge in [0.2, 0.25) is 0 Å². The summed E-state index contributed by atoms with van der Waals surface area (Å²) in [4.78, 5) is 3.83. The molecule has 52 valence electrons. The number of hydrogen-bond donors (Lipinski definition) is 0. The van der Waals surface area contributed by atoms with Crippen LogP contribution in [0.4, 0.5) is 0 Å². The van der Waals surface area contributed by atoms with Crippen LogP contribution in [0, 0.1) is 0 Å². The number of rotatable bonds is 0. The van der Waals surface area contributed by atoms with Gasteiger partial charge in [-0.3, -0.25) is 0 Å². The fourth-order valence-electron chi connectivity index (χ4n) is 0.862. The molecule has 0 fully saturated rings. The molecule has 0 radical (unpaired) electrons. The van der Waals surface area contributed by atoms with Crippen LogP contribution >= 0.6 is 0 Å². The first-order valence-corrected chi connectivity index (χ1v) is 3.23. The summed E-state index contributed by atoms with van der Waals surface area (Å²) in [6.07, 6.45) is 6.88. The van der Waals surface area contributed by atoms with Crippen LogP contribution in [0.25, 0.3) is 12.2 Å². The molecule has 0 aliphatic carbocycles. The quantitative estimate of drug-likeness (QED) is 0.546. The lowest BCUT2D eigenvalue weighted by Crippen LogP contribution is -1.87. The highest BCUT2D eigenvalue weighted by Gasteiger charge is 1.96. The minimum Gasteiger partial charge on any atom is -0.214 e. The van der Waals surface area contributed by atoms with Crippen molar-refractivity contribution < 1.29 is 0 Å². The van der Waals surface area contributed by atoms with Gasteiger partial charge in [-0.15, -0.1) is 0 Å². The molecular weight excluding hydrogens is 138 g/mol. The maximum atomic E-state index is 3.91. The van der Waals surface area contributed by atoms with Crippen molar-refractivity contribution in [2.24, 2.45) is 4.99 Å². The van der Waals surface area contributed by atoms with Gasteiger partial charge in [-0.2, -0.15) is 10.2 Å². The van der Waals surface area contributed by atoms with E-state index in [9.17, 15) is 0 Å². The Labute approximate surface area is 63.8 Å². The number of aliphatic imine (C=N–C) groups is 1. The standard InChI is InChI=1S/C8H5N3/c1-4-9-5-3-8-7(1)2-6-10-11-8/h1-3,5-6H. The summed E-state index contributed by atoms with van der Waals surface area (Å²) in [5, 5.41) is 7.66. The molecule has 0 N–H and O–H groups in total. The molecular formula is C8H5N3. The topological polar surface area (TPSA) is 38.1 Å². The number of aromatic nitrogens is 2. The Bertz CT molecular complexity index is 359. The summed E-state index contributed by atoms with van der Waals surface area (Å²) in [6, 6.07) is 1.88. The van der Waals surface area contributed by atoms with E-state index in [0.29, 0.717) is 0 Å². The van der Waals surface area contributed by atoms with Gasteiger partial charge in [0.1, 0.15) is 0 Å². The van der Waals surface area contributed by atoms with Crippen molar-refractivity contribution in [1.82, 2.24) is 10.2 Å². The Morgan fingerprint density at radius 1 is 1.36 bits per heavy atom. The third-order valence-electron chi connectivity index (χ3n) is 1.38. The van der Waals surface area contributed by atoms with E-state index in [1.807, 2.05) is 6.07 Å². The van der Waals surface area contributed by atoms with Crippen molar-refractivity contribution in [2.75, 3.05) is 0 Å². The average Bonchev–Trinajstić information content (AvgIpc) is 2.28. The molecule has 1 aliphatic rings. The van der Waals surface area contributed by atoms with Gasteiger partial charge in [0, 0.05) is 17.8 Å². The lowest BCUT2D eigenvalue weighted by Gasteiger charge is -1.92. The largest absolute Gasteiger partial charge is 0.214 e. The summed E-state index contributed by atoms with van der Waals surface area (Å²) in [6.45, 7) is 0. The van der Waals surface area contributed by atoms with Gasteiger partial charge in [0.15, 0.2) is 0 Å². The molecule has 3 heteroatoms. The molecule has 0 amide bonds. The minimum atomic E-state index is 0.834. The van der Waals surface area contributed by atoms with Gasteiger partial charge in [0.05, 0.1) is 11.9 Å². The van der Waals surface area contributed by atoms with Crippen molar-refractivity contribution in [3.63, 3.8) is 0 Å². The van der Waals surface area contributed by atoms with Crippen LogP contribution in [-0.2, 0) is 0 Å². The highest BCUT2D eigenvalue weighted by atomic mass is 15.1. The van der Waals surface area contributed by atoms with Crippen LogP contribution in [0.1, 0.15) is 11.3 Å². The molecule has 0 bridgehead atoms. The monoisotopic (exact) mass is 143 g/mol. The fraction of sp³-hybridized carbons (Fsp3) is 0. The van der Waals surface area contributed by atoms with Crippen LogP contribution < -0.4 is 0 Å². The van der Waals surface area contributed by atoms with Crippen molar-refractivity contribution in [3.05, 3.63) is 29.7 Å². The Hall–Kier alpha value is -1.73. The summed E-state index contributed by atoms with van der Waals surface area (Å²) in [7, 11) is 0. The summed E-state index contributed by atoms with van der Waals surface area (Å²) in [5.74, 6) is 2.75. The molecule has 2 heterocycles. The van der Waals surface area contributed by atoms with Gasteiger partial charge < -0.3 is 0 Å². The second kappa shape index (κ2) is 2.48. The van der Waals surface area contributed by atoms with Gasteiger partial charge in [-0.25, -0.2) is 4.99 Å². The second-order valence-electron chi connectivity index (χ2n) is 2.09. The molecule has 0 unspecified atom stereocenters. The Morgan fingerprint density at radius 2 is 2.36 bits per heavy atom. The Balaban J connectivity index is 2.67. The predicted molar refractivity (Wildman–Crippen MR) is 43.0 cm³/mol. The first-order valence-electron chi connectivity index (χ1n) is 3.23. The normalized spacial score (nSPS) is 12.7. The summed E-state index contributed by atoms with van der Waals surface area (Å²) >= 11 is 0. The SMILES string of the molecule is C1=Cc2ccnnc2C=CN=1. The second-order valence-corrected chi connectivity index (χ2v) is 2.09. The van der Waals surface area contributed by atoms with Crippen molar-refractivity contribution in [2.45, 2.75) is 0 Å².